The van der Waals surface area contributed by atoms with E-state index in [0.717, 1.165) is 0 Å². The Hall–Kier alpha value is -0.690. The van der Waals surface area contributed by atoms with Crippen molar-refractivity contribution in [1.82, 2.24) is 10.8 Å². The molecule has 0 aliphatic rings. The van der Waals surface area contributed by atoms with Gasteiger partial charge in [-0.15, -0.1) is 0 Å². The molecule has 0 radical (unpaired) electrons. The van der Waals surface area contributed by atoms with Gasteiger partial charge in [0.25, 0.3) is 5.91 Å². The lowest BCUT2D eigenvalue weighted by Gasteiger charge is -2.09. The topological polar surface area (TPSA) is 113 Å². The van der Waals surface area contributed by atoms with Crippen LogP contribution in [0.4, 0.5) is 0 Å². The average molecular weight is 162 g/mol. The van der Waals surface area contributed by atoms with E-state index in [1.807, 2.05) is 0 Å². The van der Waals surface area contributed by atoms with Crippen molar-refractivity contribution in [3.05, 3.63) is 0 Å². The summed E-state index contributed by atoms with van der Waals surface area (Å²) in [6, 6.07) is -0.730. The fourth-order valence-electron chi connectivity index (χ4n) is 0.535. The van der Waals surface area contributed by atoms with Gasteiger partial charge in [-0.2, -0.15) is 0 Å². The van der Waals surface area contributed by atoms with Gasteiger partial charge >= 0.3 is 0 Å². The number of rotatable bonds is 5. The second-order valence-corrected chi connectivity index (χ2v) is 2.08. The number of carbonyl (C=O) groups is 1. The highest BCUT2D eigenvalue weighted by Gasteiger charge is 2.10. The lowest BCUT2D eigenvalue weighted by atomic mass is 10.3. The van der Waals surface area contributed by atoms with Crippen molar-refractivity contribution in [1.29, 1.82) is 0 Å². The maximum absolute atomic E-state index is 10.5. The van der Waals surface area contributed by atoms with Gasteiger partial charge in [0, 0.05) is 19.6 Å². The van der Waals surface area contributed by atoms with Crippen LogP contribution in [0.1, 0.15) is 0 Å². The number of nitrogens with one attached hydrogen (secondary N) is 2. The number of nitrogens with two attached hydrogens (primary N) is 2. The van der Waals surface area contributed by atoms with Gasteiger partial charge in [0.05, 0.1) is 6.04 Å². The minimum Gasteiger partial charge on any atom is -0.329 e. The molecule has 0 saturated heterocycles. The Morgan fingerprint density at radius 3 is 2.73 bits per heavy atom. The third kappa shape index (κ3) is 4.68. The van der Waals surface area contributed by atoms with E-state index >= 15 is 0 Å². The smallest absolute Gasteiger partial charge is 0.261 e. The van der Waals surface area contributed by atoms with Crippen LogP contribution in [-0.4, -0.2) is 36.8 Å². The highest BCUT2D eigenvalue weighted by Crippen LogP contribution is 1.73. The normalized spacial score (nSPS) is 12.6. The van der Waals surface area contributed by atoms with E-state index in [1.54, 1.807) is 0 Å². The summed E-state index contributed by atoms with van der Waals surface area (Å²) in [4.78, 5) is 10.5. The molecule has 1 atom stereocenters. The fourth-order valence-corrected chi connectivity index (χ4v) is 0.535. The summed E-state index contributed by atoms with van der Waals surface area (Å²) in [5.74, 6) is -0.602. The second-order valence-electron chi connectivity index (χ2n) is 2.08. The molecule has 0 aliphatic heterocycles. The highest BCUT2D eigenvalue weighted by atomic mass is 16.5. The van der Waals surface area contributed by atoms with Gasteiger partial charge < -0.3 is 16.8 Å². The molecule has 11 heavy (non-hydrogen) atoms. The summed E-state index contributed by atoms with van der Waals surface area (Å²) >= 11 is 0. The molecule has 0 bridgehead atoms. The SMILES string of the molecule is NCCNCC(N)C(=O)NO. The van der Waals surface area contributed by atoms with Crippen LogP contribution in [0.25, 0.3) is 0 Å². The van der Waals surface area contributed by atoms with E-state index in [1.165, 1.54) is 5.48 Å². The molecule has 0 heterocycles. The van der Waals surface area contributed by atoms with Crippen molar-refractivity contribution in [2.24, 2.45) is 11.5 Å². The summed E-state index contributed by atoms with van der Waals surface area (Å²) in [6.45, 7) is 1.41. The van der Waals surface area contributed by atoms with Gasteiger partial charge in [-0.1, -0.05) is 0 Å². The molecule has 0 saturated carbocycles. The van der Waals surface area contributed by atoms with E-state index in [2.05, 4.69) is 5.32 Å². The molecule has 6 heteroatoms. The third-order valence-corrected chi connectivity index (χ3v) is 1.13. The molecule has 0 fully saturated rings. The molecular formula is C5H14N4O2. The zero-order valence-corrected chi connectivity index (χ0v) is 6.21. The minimum atomic E-state index is -0.730. The van der Waals surface area contributed by atoms with Gasteiger partial charge in [-0.3, -0.25) is 10.0 Å². The van der Waals surface area contributed by atoms with Gasteiger partial charge in [0.1, 0.15) is 0 Å². The minimum absolute atomic E-state index is 0.309. The molecule has 1 unspecified atom stereocenters. The molecule has 7 N–H and O–H groups in total. The standard InChI is InChI=1S/C5H14N4O2/c6-1-2-8-3-4(7)5(10)9-11/h4,8,11H,1-3,6-7H2,(H,9,10). The van der Waals surface area contributed by atoms with Crippen molar-refractivity contribution in [3.8, 4) is 0 Å². The summed E-state index contributed by atoms with van der Waals surface area (Å²) in [5, 5.41) is 11.0. The van der Waals surface area contributed by atoms with Gasteiger partial charge in [-0.05, 0) is 0 Å². The van der Waals surface area contributed by atoms with Crippen molar-refractivity contribution >= 4 is 5.91 Å². The fraction of sp³-hybridized carbons (Fsp3) is 0.800. The molecule has 1 amide bonds. The highest BCUT2D eigenvalue weighted by molar-refractivity contribution is 5.80. The number of hydrogen-bond donors (Lipinski definition) is 5. The quantitative estimate of drug-likeness (QED) is 0.172. The van der Waals surface area contributed by atoms with Crippen LogP contribution in [0.5, 0.6) is 0 Å². The summed E-state index contributed by atoms with van der Waals surface area (Å²) in [6.07, 6.45) is 0. The molecule has 0 aliphatic carbocycles. The average Bonchev–Trinajstić information content (AvgIpc) is 2.03. The maximum atomic E-state index is 10.5. The van der Waals surface area contributed by atoms with Crippen molar-refractivity contribution < 1.29 is 10.0 Å². The lowest BCUT2D eigenvalue weighted by Crippen LogP contribution is -2.46. The van der Waals surface area contributed by atoms with Crippen LogP contribution >= 0.6 is 0 Å². The van der Waals surface area contributed by atoms with Crippen LogP contribution in [0.15, 0.2) is 0 Å². The van der Waals surface area contributed by atoms with E-state index in [9.17, 15) is 4.79 Å². The van der Waals surface area contributed by atoms with Crippen LogP contribution in [0.2, 0.25) is 0 Å². The predicted molar refractivity (Wildman–Crippen MR) is 39.8 cm³/mol. The maximum Gasteiger partial charge on any atom is 0.261 e. The molecule has 66 valence electrons. The molecule has 0 spiro atoms. The van der Waals surface area contributed by atoms with Crippen LogP contribution < -0.4 is 22.3 Å². The first-order chi connectivity index (χ1) is 5.22. The summed E-state index contributed by atoms with van der Waals surface area (Å²) in [7, 11) is 0. The largest absolute Gasteiger partial charge is 0.329 e. The number of carbonyl (C=O) groups excluding carboxylic acids is 1. The lowest BCUT2D eigenvalue weighted by molar-refractivity contribution is -0.130. The van der Waals surface area contributed by atoms with Gasteiger partial charge in [0.2, 0.25) is 0 Å². The second kappa shape index (κ2) is 6.05. The van der Waals surface area contributed by atoms with Crippen molar-refractivity contribution in [2.75, 3.05) is 19.6 Å². The van der Waals surface area contributed by atoms with E-state index in [0.29, 0.717) is 19.6 Å². The molecule has 0 aromatic carbocycles. The zero-order valence-electron chi connectivity index (χ0n) is 6.21. The van der Waals surface area contributed by atoms with Crippen molar-refractivity contribution in [2.45, 2.75) is 6.04 Å². The first-order valence-corrected chi connectivity index (χ1v) is 3.32. The van der Waals surface area contributed by atoms with E-state index in [4.69, 9.17) is 16.7 Å². The van der Waals surface area contributed by atoms with Crippen molar-refractivity contribution in [3.63, 3.8) is 0 Å². The van der Waals surface area contributed by atoms with Crippen LogP contribution in [-0.2, 0) is 4.79 Å². The Morgan fingerprint density at radius 1 is 1.64 bits per heavy atom. The molecular weight excluding hydrogens is 148 g/mol. The number of hydroxylamine groups is 1. The van der Waals surface area contributed by atoms with Gasteiger partial charge in [0.15, 0.2) is 0 Å². The zero-order chi connectivity index (χ0) is 8.69. The van der Waals surface area contributed by atoms with Gasteiger partial charge in [-0.25, -0.2) is 5.48 Å². The molecule has 0 aromatic heterocycles. The first-order valence-electron chi connectivity index (χ1n) is 3.32. The summed E-state index contributed by atoms with van der Waals surface area (Å²) in [5.41, 5.74) is 11.9. The monoisotopic (exact) mass is 162 g/mol. The predicted octanol–water partition coefficient (Wildman–Crippen LogP) is -2.63. The number of amides is 1. The Balaban J connectivity index is 3.36. The first kappa shape index (κ1) is 10.3. The van der Waals surface area contributed by atoms with Crippen LogP contribution in [0, 0.1) is 0 Å². The number of hydrogen-bond acceptors (Lipinski definition) is 5. The Morgan fingerprint density at radius 2 is 2.27 bits per heavy atom. The van der Waals surface area contributed by atoms with Crippen LogP contribution in [0.3, 0.4) is 0 Å². The Bertz CT molecular complexity index is 119. The Labute approximate surface area is 64.9 Å². The Kier molecular flexibility index (Phi) is 5.67. The molecule has 6 nitrogen and oxygen atoms in total. The molecule has 0 rings (SSSR count). The van der Waals surface area contributed by atoms with E-state index in [-0.39, 0.29) is 0 Å². The summed E-state index contributed by atoms with van der Waals surface area (Å²) < 4.78 is 0. The third-order valence-electron chi connectivity index (χ3n) is 1.13. The van der Waals surface area contributed by atoms with E-state index < -0.39 is 11.9 Å². The molecule has 0 aromatic rings.